The second-order valence-corrected chi connectivity index (χ2v) is 10.2. The van der Waals surface area contributed by atoms with E-state index in [1.807, 2.05) is 6.07 Å². The molecule has 0 bridgehead atoms. The average molecular weight is 462 g/mol. The molecule has 3 aromatic rings. The van der Waals surface area contributed by atoms with E-state index in [1.165, 1.54) is 0 Å². The molecule has 5 rings (SSSR count). The summed E-state index contributed by atoms with van der Waals surface area (Å²) in [6, 6.07) is 5.48. The lowest BCUT2D eigenvalue weighted by atomic mass is 9.66. The summed E-state index contributed by atoms with van der Waals surface area (Å²) in [6.07, 6.45) is -0.0171. The number of rotatable bonds is 4. The lowest BCUT2D eigenvalue weighted by Gasteiger charge is -2.38. The molecule has 0 radical (unpaired) electrons. The van der Waals surface area contributed by atoms with E-state index in [4.69, 9.17) is 4.65 Å². The third-order valence-electron chi connectivity index (χ3n) is 6.08. The van der Waals surface area contributed by atoms with Crippen LogP contribution in [0.2, 0.25) is 0 Å². The zero-order valence-electron chi connectivity index (χ0n) is 16.6. The quantitative estimate of drug-likeness (QED) is 0.575. The Morgan fingerprint density at radius 2 is 1.91 bits per heavy atom. The van der Waals surface area contributed by atoms with Gasteiger partial charge in [-0.25, -0.2) is 13.4 Å². The van der Waals surface area contributed by atoms with Crippen LogP contribution in [0.25, 0.3) is 16.6 Å². The molecule has 1 fully saturated rings. The molecule has 0 spiro atoms. The first-order valence-corrected chi connectivity index (χ1v) is 11.7. The van der Waals surface area contributed by atoms with Gasteiger partial charge in [0.15, 0.2) is 9.84 Å². The van der Waals surface area contributed by atoms with Gasteiger partial charge in [0, 0.05) is 17.1 Å². The maximum absolute atomic E-state index is 12.7. The van der Waals surface area contributed by atoms with E-state index in [0.717, 1.165) is 40.8 Å². The Labute approximate surface area is 182 Å². The van der Waals surface area contributed by atoms with Gasteiger partial charge in [-0.2, -0.15) is 13.2 Å². The summed E-state index contributed by atoms with van der Waals surface area (Å²) in [4.78, 5) is 7.21. The number of nitrogens with one attached hydrogen (secondary N) is 1. The van der Waals surface area contributed by atoms with Crippen LogP contribution in [0.5, 0.6) is 5.75 Å². The van der Waals surface area contributed by atoms with E-state index in [1.54, 1.807) is 18.4 Å². The molecule has 1 aromatic carbocycles. The van der Waals surface area contributed by atoms with Crippen LogP contribution >= 0.6 is 0 Å². The van der Waals surface area contributed by atoms with E-state index in [0.29, 0.717) is 24.2 Å². The molecule has 166 valence electrons. The van der Waals surface area contributed by atoms with E-state index in [-0.39, 0.29) is 22.5 Å². The number of halogens is 3. The van der Waals surface area contributed by atoms with E-state index < -0.39 is 28.7 Å². The van der Waals surface area contributed by atoms with Crippen molar-refractivity contribution < 1.29 is 31.3 Å². The van der Waals surface area contributed by atoms with Gasteiger partial charge in [0.05, 0.1) is 22.4 Å². The van der Waals surface area contributed by atoms with Crippen LogP contribution in [0.1, 0.15) is 24.0 Å². The predicted octanol–water partition coefficient (Wildman–Crippen LogP) is 3.88. The second-order valence-electron chi connectivity index (χ2n) is 8.21. The summed E-state index contributed by atoms with van der Waals surface area (Å²) in [7, 11) is -4.82. The minimum Gasteiger partial charge on any atom is -0.531 e. The van der Waals surface area contributed by atoms with E-state index >= 15 is 0 Å². The maximum Gasteiger partial charge on any atom is 0.552 e. The number of aromatic amines is 1. The summed E-state index contributed by atoms with van der Waals surface area (Å²) < 4.78 is 69.1. The van der Waals surface area contributed by atoms with Crippen molar-refractivity contribution >= 4 is 33.6 Å². The Bertz CT molecular complexity index is 1310. The summed E-state index contributed by atoms with van der Waals surface area (Å²) in [5.74, 6) is 1.90. The molecule has 11 heteroatoms. The lowest BCUT2D eigenvalue weighted by molar-refractivity contribution is -0.137. The fourth-order valence-corrected chi connectivity index (χ4v) is 6.14. The van der Waals surface area contributed by atoms with Gasteiger partial charge in [-0.3, -0.25) is 0 Å². The van der Waals surface area contributed by atoms with Crippen LogP contribution < -0.4 is 4.65 Å². The van der Waals surface area contributed by atoms with Crippen LogP contribution in [0, 0.1) is 11.8 Å². The number of hydrogen-bond acceptors (Lipinski definition) is 5. The zero-order chi connectivity index (χ0) is 22.7. The Kier molecular flexibility index (Phi) is 4.86. The van der Waals surface area contributed by atoms with Crippen LogP contribution in [-0.2, 0) is 16.0 Å². The van der Waals surface area contributed by atoms with E-state index in [2.05, 4.69) is 9.97 Å². The van der Waals surface area contributed by atoms with Crippen molar-refractivity contribution in [2.75, 3.05) is 5.75 Å². The number of nitrogens with zero attached hydrogens (tertiary/aromatic N) is 1. The smallest absolute Gasteiger partial charge is 0.531 e. The number of pyridine rings is 1. The molecule has 32 heavy (non-hydrogen) atoms. The summed E-state index contributed by atoms with van der Waals surface area (Å²) in [5, 5.41) is 11.0. The molecule has 3 heterocycles. The number of benzene rings is 1. The number of alkyl halides is 3. The molecule has 0 unspecified atom stereocenters. The fraction of sp³-hybridized carbons (Fsp3) is 0.286. The molecule has 0 saturated heterocycles. The standard InChI is InChI=1S/C21H18BF3N2O4S/c23-21(24,25)14-1-3-15(4-2-14)32(29,30)11-12-7-13(8-12)17-9-22(28)31-18-10-27-20-16(19(17)18)5-6-26-20/h1-6,9-10,12-13,28H,7-8,11H2,(H,26,27). The van der Waals surface area contributed by atoms with Gasteiger partial charge in [0.25, 0.3) is 0 Å². The maximum atomic E-state index is 12.7. The summed E-state index contributed by atoms with van der Waals surface area (Å²) in [6.45, 7) is 0. The van der Waals surface area contributed by atoms with Gasteiger partial charge in [-0.1, -0.05) is 0 Å². The third-order valence-corrected chi connectivity index (χ3v) is 7.98. The topological polar surface area (TPSA) is 92.3 Å². The van der Waals surface area contributed by atoms with Crippen molar-refractivity contribution in [3.05, 3.63) is 59.8 Å². The zero-order valence-corrected chi connectivity index (χ0v) is 17.4. The number of sulfone groups is 1. The highest BCUT2D eigenvalue weighted by atomic mass is 32.2. The van der Waals surface area contributed by atoms with Crippen LogP contribution in [0.3, 0.4) is 0 Å². The van der Waals surface area contributed by atoms with Gasteiger partial charge in [0.1, 0.15) is 11.4 Å². The van der Waals surface area contributed by atoms with Crippen molar-refractivity contribution in [3.8, 4) is 5.75 Å². The van der Waals surface area contributed by atoms with E-state index in [9.17, 15) is 26.6 Å². The number of allylic oxidation sites excluding steroid dienone is 1. The molecule has 2 aromatic heterocycles. The monoisotopic (exact) mass is 462 g/mol. The first kappa shape index (κ1) is 21.1. The Balaban J connectivity index is 1.32. The van der Waals surface area contributed by atoms with Crippen molar-refractivity contribution in [2.45, 2.75) is 23.9 Å². The highest BCUT2D eigenvalue weighted by Crippen LogP contribution is 2.48. The first-order valence-electron chi connectivity index (χ1n) is 10.0. The first-order chi connectivity index (χ1) is 15.1. The summed E-state index contributed by atoms with van der Waals surface area (Å²) >= 11 is 0. The molecule has 1 saturated carbocycles. The lowest BCUT2D eigenvalue weighted by Crippen LogP contribution is -2.33. The van der Waals surface area contributed by atoms with Gasteiger partial charge in [-0.15, -0.1) is 0 Å². The average Bonchev–Trinajstić information content (AvgIpc) is 3.18. The highest BCUT2D eigenvalue weighted by Gasteiger charge is 2.39. The summed E-state index contributed by atoms with van der Waals surface area (Å²) in [5.41, 5.74) is 1.55. The van der Waals surface area contributed by atoms with Gasteiger partial charge >= 0.3 is 13.3 Å². The minimum absolute atomic E-state index is 0.0422. The largest absolute Gasteiger partial charge is 0.552 e. The predicted molar refractivity (Wildman–Crippen MR) is 112 cm³/mol. The second kappa shape index (κ2) is 7.38. The van der Waals surface area contributed by atoms with Crippen molar-refractivity contribution in [2.24, 2.45) is 11.8 Å². The highest BCUT2D eigenvalue weighted by molar-refractivity contribution is 7.91. The molecule has 1 aliphatic heterocycles. The third kappa shape index (κ3) is 3.69. The van der Waals surface area contributed by atoms with Crippen LogP contribution in [0.4, 0.5) is 13.2 Å². The normalized spacial score (nSPS) is 21.0. The van der Waals surface area contributed by atoms with Gasteiger partial charge in [-0.05, 0) is 66.6 Å². The fourth-order valence-electron chi connectivity index (χ4n) is 4.50. The molecular formula is C21H18BF3N2O4S. The minimum atomic E-state index is -4.51. The number of hydrogen-bond donors (Lipinski definition) is 2. The Hall–Kier alpha value is -2.79. The molecule has 2 aliphatic rings. The molecule has 1 aliphatic carbocycles. The Morgan fingerprint density at radius 1 is 1.19 bits per heavy atom. The van der Waals surface area contributed by atoms with Crippen molar-refractivity contribution in [1.82, 2.24) is 9.97 Å². The number of fused-ring (bicyclic) bond motifs is 3. The SMILES string of the molecule is O=S(=O)(CC1CC(C2=CB(O)Oc3cnc4[nH]ccc4c32)C1)c1ccc(C(F)(F)F)cc1. The van der Waals surface area contributed by atoms with Gasteiger partial charge in [0.2, 0.25) is 0 Å². The molecule has 6 nitrogen and oxygen atoms in total. The van der Waals surface area contributed by atoms with Crippen molar-refractivity contribution in [3.63, 3.8) is 0 Å². The van der Waals surface area contributed by atoms with Crippen LogP contribution in [0.15, 0.2) is 53.6 Å². The Morgan fingerprint density at radius 3 is 2.59 bits per heavy atom. The number of aromatic nitrogens is 2. The van der Waals surface area contributed by atoms with Crippen molar-refractivity contribution in [1.29, 1.82) is 0 Å². The van der Waals surface area contributed by atoms with Gasteiger partial charge < -0.3 is 14.7 Å². The molecular weight excluding hydrogens is 444 g/mol. The molecule has 0 atom stereocenters. The van der Waals surface area contributed by atoms with Crippen LogP contribution in [-0.4, -0.2) is 36.3 Å². The number of H-pyrrole nitrogens is 1. The molecule has 2 N–H and O–H groups in total. The molecule has 0 amide bonds.